The molecule has 15 heavy (non-hydrogen) atoms. The van der Waals surface area contributed by atoms with Gasteiger partial charge in [0.1, 0.15) is 6.04 Å². The van der Waals surface area contributed by atoms with Gasteiger partial charge in [-0.1, -0.05) is 30.3 Å². The van der Waals surface area contributed by atoms with Crippen LogP contribution in [0.3, 0.4) is 0 Å². The number of nitrogens with zero attached hydrogens (tertiary/aromatic N) is 1. The van der Waals surface area contributed by atoms with E-state index in [4.69, 9.17) is 10.3 Å². The van der Waals surface area contributed by atoms with E-state index in [1.165, 1.54) is 6.92 Å². The normalized spacial score (nSPS) is 11.9. The van der Waals surface area contributed by atoms with E-state index in [1.54, 1.807) is 30.3 Å². The van der Waals surface area contributed by atoms with Gasteiger partial charge in [-0.3, -0.25) is 10.0 Å². The molecule has 0 aliphatic rings. The first-order valence-corrected chi connectivity index (χ1v) is 4.34. The molecule has 5 nitrogen and oxygen atoms in total. The van der Waals surface area contributed by atoms with Crippen LogP contribution in [-0.2, 0) is 0 Å². The van der Waals surface area contributed by atoms with Crippen LogP contribution in [0, 0.1) is 0 Å². The summed E-state index contributed by atoms with van der Waals surface area (Å²) in [6.07, 6.45) is -1.55. The predicted molar refractivity (Wildman–Crippen MR) is 51.9 cm³/mol. The number of hydrogen-bond donors (Lipinski definition) is 2. The molecule has 1 aromatic carbocycles. The van der Waals surface area contributed by atoms with Gasteiger partial charge in [0.25, 0.3) is 0 Å². The van der Waals surface area contributed by atoms with Gasteiger partial charge in [-0.05, 0) is 6.92 Å². The zero-order valence-electron chi connectivity index (χ0n) is 8.12. The Morgan fingerprint density at radius 2 is 1.80 bits per heavy atom. The van der Waals surface area contributed by atoms with E-state index in [-0.39, 0.29) is 5.06 Å². The van der Waals surface area contributed by atoms with Crippen LogP contribution in [0.5, 0.6) is 0 Å². The van der Waals surface area contributed by atoms with Crippen LogP contribution in [0.4, 0.5) is 4.79 Å². The molecule has 0 fully saturated rings. The molecule has 0 bridgehead atoms. The maximum atomic E-state index is 11.6. The van der Waals surface area contributed by atoms with Crippen LogP contribution in [0.15, 0.2) is 30.3 Å². The number of hydrogen-bond acceptors (Lipinski definition) is 3. The third-order valence-corrected chi connectivity index (χ3v) is 2.00. The first-order valence-electron chi connectivity index (χ1n) is 4.34. The third kappa shape index (κ3) is 2.54. The lowest BCUT2D eigenvalue weighted by Crippen LogP contribution is -2.40. The Labute approximate surface area is 86.5 Å². The summed E-state index contributed by atoms with van der Waals surface area (Å²) < 4.78 is 0. The Hall–Kier alpha value is -1.88. The second kappa shape index (κ2) is 4.56. The molecule has 0 aliphatic heterocycles. The van der Waals surface area contributed by atoms with Crippen molar-refractivity contribution in [3.05, 3.63) is 35.9 Å². The molecule has 1 aromatic rings. The average Bonchev–Trinajstić information content (AvgIpc) is 2.27. The summed E-state index contributed by atoms with van der Waals surface area (Å²) in [6.45, 7) is 1.32. The molecule has 0 aliphatic carbocycles. The van der Waals surface area contributed by atoms with Crippen LogP contribution >= 0.6 is 0 Å². The smallest absolute Gasteiger partial charge is 0.431 e. The minimum absolute atomic E-state index is 0.00463. The van der Waals surface area contributed by atoms with Gasteiger partial charge < -0.3 is 5.11 Å². The van der Waals surface area contributed by atoms with Gasteiger partial charge in [-0.15, -0.1) is 0 Å². The van der Waals surface area contributed by atoms with E-state index in [9.17, 15) is 9.59 Å². The second-order valence-corrected chi connectivity index (χ2v) is 3.03. The van der Waals surface area contributed by atoms with Crippen molar-refractivity contribution in [1.29, 1.82) is 0 Å². The molecule has 0 radical (unpaired) electrons. The predicted octanol–water partition coefficient (Wildman–Crippen LogP) is 1.63. The van der Waals surface area contributed by atoms with Gasteiger partial charge in [0.05, 0.1) is 0 Å². The number of carboxylic acid groups (broad SMARTS) is 1. The van der Waals surface area contributed by atoms with Gasteiger partial charge in [0, 0.05) is 5.56 Å². The molecular formula is C10H11NO4. The molecule has 1 rings (SSSR count). The molecule has 80 valence electrons. The highest BCUT2D eigenvalue weighted by molar-refractivity contribution is 6.00. The lowest BCUT2D eigenvalue weighted by molar-refractivity contribution is -0.0814. The first kappa shape index (κ1) is 11.2. The van der Waals surface area contributed by atoms with Crippen molar-refractivity contribution in [1.82, 2.24) is 5.06 Å². The molecule has 2 N–H and O–H groups in total. The Balaban J connectivity index is 2.82. The maximum Gasteiger partial charge on any atom is 0.431 e. The van der Waals surface area contributed by atoms with Crippen molar-refractivity contribution in [3.8, 4) is 0 Å². The number of Topliss-reactive ketones (excluding diaryl/α,β-unsaturated/α-hetero) is 1. The highest BCUT2D eigenvalue weighted by Gasteiger charge is 2.24. The summed E-state index contributed by atoms with van der Waals surface area (Å²) in [6, 6.07) is 7.11. The van der Waals surface area contributed by atoms with Crippen molar-refractivity contribution in [2.24, 2.45) is 0 Å². The lowest BCUT2D eigenvalue weighted by Gasteiger charge is -2.17. The van der Waals surface area contributed by atoms with Crippen molar-refractivity contribution in [3.63, 3.8) is 0 Å². The van der Waals surface area contributed by atoms with Gasteiger partial charge in [0.15, 0.2) is 5.78 Å². The highest BCUT2D eigenvalue weighted by Crippen LogP contribution is 2.07. The van der Waals surface area contributed by atoms with Crippen molar-refractivity contribution in [2.75, 3.05) is 0 Å². The molecule has 5 heteroatoms. The fourth-order valence-electron chi connectivity index (χ4n) is 1.12. The summed E-state index contributed by atoms with van der Waals surface area (Å²) in [5.74, 6) is -0.444. The molecule has 1 unspecified atom stereocenters. The van der Waals surface area contributed by atoms with E-state index in [0.717, 1.165) is 0 Å². The monoisotopic (exact) mass is 209 g/mol. The number of benzene rings is 1. The number of carbonyl (C=O) groups is 2. The molecule has 0 aromatic heterocycles. The fourth-order valence-corrected chi connectivity index (χ4v) is 1.12. The van der Waals surface area contributed by atoms with Crippen LogP contribution in [0.25, 0.3) is 0 Å². The van der Waals surface area contributed by atoms with Crippen molar-refractivity contribution >= 4 is 11.9 Å². The van der Waals surface area contributed by atoms with Gasteiger partial charge >= 0.3 is 6.09 Å². The Morgan fingerprint density at radius 3 is 2.27 bits per heavy atom. The highest BCUT2D eigenvalue weighted by atomic mass is 16.6. The number of rotatable bonds is 3. The summed E-state index contributed by atoms with van der Waals surface area (Å²) in [5, 5.41) is 17.5. The number of ketones is 1. The van der Waals surface area contributed by atoms with E-state index in [1.807, 2.05) is 0 Å². The van der Waals surface area contributed by atoms with Gasteiger partial charge in [-0.25, -0.2) is 4.79 Å². The van der Waals surface area contributed by atoms with Crippen molar-refractivity contribution in [2.45, 2.75) is 13.0 Å². The summed E-state index contributed by atoms with van der Waals surface area (Å²) in [4.78, 5) is 22.0. The third-order valence-electron chi connectivity index (χ3n) is 2.00. The quantitative estimate of drug-likeness (QED) is 0.450. The Kier molecular flexibility index (Phi) is 3.41. The molecule has 0 saturated carbocycles. The van der Waals surface area contributed by atoms with E-state index in [0.29, 0.717) is 5.56 Å². The molecule has 0 saturated heterocycles. The zero-order valence-corrected chi connectivity index (χ0v) is 8.12. The molecule has 1 amide bonds. The Bertz CT molecular complexity index is 363. The number of carbonyl (C=O) groups excluding carboxylic acids is 1. The molecular weight excluding hydrogens is 198 g/mol. The standard InChI is InChI=1S/C10H11NO4/c1-7(11(15)10(13)14)9(12)8-5-3-2-4-6-8/h2-7,15H,1H3,(H,13,14). The van der Waals surface area contributed by atoms with Crippen LogP contribution in [0.1, 0.15) is 17.3 Å². The Morgan fingerprint density at radius 1 is 1.27 bits per heavy atom. The van der Waals surface area contributed by atoms with Crippen LogP contribution in [0.2, 0.25) is 0 Å². The summed E-state index contributed by atoms with van der Waals surface area (Å²) in [5.41, 5.74) is 0.366. The minimum Gasteiger partial charge on any atom is -0.463 e. The maximum absolute atomic E-state index is 11.6. The van der Waals surface area contributed by atoms with Crippen LogP contribution in [-0.4, -0.2) is 33.3 Å². The van der Waals surface area contributed by atoms with Crippen molar-refractivity contribution < 1.29 is 19.9 Å². The minimum atomic E-state index is -1.55. The molecule has 1 atom stereocenters. The second-order valence-electron chi connectivity index (χ2n) is 3.03. The van der Waals surface area contributed by atoms with E-state index in [2.05, 4.69) is 0 Å². The zero-order chi connectivity index (χ0) is 11.4. The first-order chi connectivity index (χ1) is 7.04. The number of amides is 1. The van der Waals surface area contributed by atoms with E-state index < -0.39 is 17.9 Å². The van der Waals surface area contributed by atoms with Gasteiger partial charge in [0.2, 0.25) is 0 Å². The van der Waals surface area contributed by atoms with Crippen LogP contribution < -0.4 is 0 Å². The largest absolute Gasteiger partial charge is 0.463 e. The lowest BCUT2D eigenvalue weighted by atomic mass is 10.1. The topological polar surface area (TPSA) is 77.8 Å². The number of hydroxylamine groups is 2. The average molecular weight is 209 g/mol. The van der Waals surface area contributed by atoms with E-state index >= 15 is 0 Å². The SMILES string of the molecule is CC(C(=O)c1ccccc1)N(O)C(=O)O. The van der Waals surface area contributed by atoms with Gasteiger partial charge in [-0.2, -0.15) is 5.06 Å². The summed E-state index contributed by atoms with van der Waals surface area (Å²) in [7, 11) is 0. The fraction of sp³-hybridized carbons (Fsp3) is 0.200. The molecule has 0 spiro atoms. The molecule has 0 heterocycles. The summed E-state index contributed by atoms with van der Waals surface area (Å²) >= 11 is 0.